The van der Waals surface area contributed by atoms with Gasteiger partial charge in [0.25, 0.3) is 5.78 Å². The Hall–Kier alpha value is -2.43. The molecule has 1 aromatic heterocycles. The quantitative estimate of drug-likeness (QED) is 0.675. The first-order valence-corrected chi connectivity index (χ1v) is 5.92. The molecule has 0 unspecified atom stereocenters. The Labute approximate surface area is 110 Å². The van der Waals surface area contributed by atoms with Crippen LogP contribution in [0.5, 0.6) is 0 Å². The number of hydrogen-bond acceptors (Lipinski definition) is 3. The molecule has 0 aliphatic carbocycles. The average Bonchev–Trinajstić information content (AvgIpc) is 2.87. The van der Waals surface area contributed by atoms with Gasteiger partial charge in [-0.2, -0.15) is 5.10 Å². The minimum atomic E-state index is -1.45. The van der Waals surface area contributed by atoms with Crippen LogP contribution >= 0.6 is 0 Å². The monoisotopic (exact) mass is 258 g/mol. The van der Waals surface area contributed by atoms with Crippen molar-refractivity contribution < 1.29 is 14.7 Å². The van der Waals surface area contributed by atoms with Gasteiger partial charge >= 0.3 is 5.97 Å². The fraction of sp³-hybridized carbons (Fsp3) is 0.214. The Morgan fingerprint density at radius 1 is 1.16 bits per heavy atom. The second kappa shape index (κ2) is 5.06. The van der Waals surface area contributed by atoms with Gasteiger partial charge in [-0.3, -0.25) is 9.48 Å². The van der Waals surface area contributed by atoms with E-state index >= 15 is 0 Å². The molecule has 0 saturated carbocycles. The van der Waals surface area contributed by atoms with Crippen molar-refractivity contribution in [2.24, 2.45) is 0 Å². The summed E-state index contributed by atoms with van der Waals surface area (Å²) in [5, 5.41) is 13.0. The number of aliphatic carboxylic acids is 1. The van der Waals surface area contributed by atoms with Crippen molar-refractivity contribution in [3.63, 3.8) is 0 Å². The van der Waals surface area contributed by atoms with Gasteiger partial charge in [0.1, 0.15) is 0 Å². The molecule has 2 rings (SSSR count). The summed E-state index contributed by atoms with van der Waals surface area (Å²) < 4.78 is 1.84. The molecule has 0 bridgehead atoms. The number of nitrogens with zero attached hydrogens (tertiary/aromatic N) is 2. The number of rotatable bonds is 4. The summed E-state index contributed by atoms with van der Waals surface area (Å²) in [6.07, 6.45) is 1.89. The van der Waals surface area contributed by atoms with Crippen LogP contribution in [-0.2, 0) is 4.79 Å². The lowest BCUT2D eigenvalue weighted by Gasteiger charge is -2.04. The van der Waals surface area contributed by atoms with Crippen LogP contribution in [0.4, 0.5) is 0 Å². The zero-order valence-corrected chi connectivity index (χ0v) is 10.7. The standard InChI is InChI=1S/C14H14N2O3/c1-9(2)16-8-7-12(15-16)10-3-5-11(6-4-10)13(17)14(18)19/h3-9H,1-2H3,(H,18,19). The van der Waals surface area contributed by atoms with E-state index in [2.05, 4.69) is 5.10 Å². The van der Waals surface area contributed by atoms with E-state index in [4.69, 9.17) is 5.11 Å². The summed E-state index contributed by atoms with van der Waals surface area (Å²) in [4.78, 5) is 21.8. The van der Waals surface area contributed by atoms with E-state index in [1.54, 1.807) is 12.1 Å². The maximum absolute atomic E-state index is 11.3. The summed E-state index contributed by atoms with van der Waals surface area (Å²) in [5.41, 5.74) is 1.81. The van der Waals surface area contributed by atoms with Crippen LogP contribution in [0.1, 0.15) is 30.2 Å². The van der Waals surface area contributed by atoms with Crippen molar-refractivity contribution in [3.8, 4) is 11.3 Å². The zero-order valence-electron chi connectivity index (χ0n) is 10.7. The molecule has 0 saturated heterocycles. The first kappa shape index (κ1) is 13.0. The lowest BCUT2D eigenvalue weighted by atomic mass is 10.1. The molecule has 5 nitrogen and oxygen atoms in total. The summed E-state index contributed by atoms with van der Waals surface area (Å²) >= 11 is 0. The topological polar surface area (TPSA) is 72.2 Å². The smallest absolute Gasteiger partial charge is 0.377 e. The highest BCUT2D eigenvalue weighted by Gasteiger charge is 2.14. The highest BCUT2D eigenvalue weighted by atomic mass is 16.4. The number of benzene rings is 1. The normalized spacial score (nSPS) is 10.7. The number of aromatic nitrogens is 2. The van der Waals surface area contributed by atoms with E-state index in [-0.39, 0.29) is 11.6 Å². The number of ketones is 1. The SMILES string of the molecule is CC(C)n1ccc(-c2ccc(C(=O)C(=O)O)cc2)n1. The van der Waals surface area contributed by atoms with E-state index in [0.717, 1.165) is 11.3 Å². The molecular weight excluding hydrogens is 244 g/mol. The van der Waals surface area contributed by atoms with Crippen molar-refractivity contribution in [2.45, 2.75) is 19.9 Å². The fourth-order valence-electron chi connectivity index (χ4n) is 1.70. The first-order chi connectivity index (χ1) is 8.99. The van der Waals surface area contributed by atoms with Crippen LogP contribution in [0.25, 0.3) is 11.3 Å². The molecule has 1 N–H and O–H groups in total. The van der Waals surface area contributed by atoms with Gasteiger partial charge in [-0.1, -0.05) is 24.3 Å². The molecule has 0 spiro atoms. The fourth-order valence-corrected chi connectivity index (χ4v) is 1.70. The largest absolute Gasteiger partial charge is 0.475 e. The Kier molecular flexibility index (Phi) is 3.46. The molecule has 1 heterocycles. The Bertz CT molecular complexity index is 612. The van der Waals surface area contributed by atoms with E-state index in [1.165, 1.54) is 12.1 Å². The number of carbonyl (C=O) groups excluding carboxylic acids is 1. The molecule has 0 aliphatic heterocycles. The average molecular weight is 258 g/mol. The van der Waals surface area contributed by atoms with Gasteiger partial charge in [0.2, 0.25) is 0 Å². The molecule has 0 fully saturated rings. The predicted octanol–water partition coefficient (Wildman–Crippen LogP) is 2.40. The molecule has 2 aromatic rings. The van der Waals surface area contributed by atoms with Gasteiger partial charge < -0.3 is 5.11 Å². The molecule has 1 aromatic carbocycles. The van der Waals surface area contributed by atoms with Crippen molar-refractivity contribution in [1.82, 2.24) is 9.78 Å². The highest BCUT2D eigenvalue weighted by molar-refractivity contribution is 6.39. The molecule has 5 heteroatoms. The lowest BCUT2D eigenvalue weighted by Crippen LogP contribution is -2.12. The van der Waals surface area contributed by atoms with Crippen molar-refractivity contribution in [1.29, 1.82) is 0 Å². The van der Waals surface area contributed by atoms with Crippen molar-refractivity contribution >= 4 is 11.8 Å². The number of carboxylic acid groups (broad SMARTS) is 1. The summed E-state index contributed by atoms with van der Waals surface area (Å²) in [7, 11) is 0. The minimum Gasteiger partial charge on any atom is -0.475 e. The van der Waals surface area contributed by atoms with Crippen LogP contribution in [0, 0.1) is 0 Å². The summed E-state index contributed by atoms with van der Waals surface area (Å²) in [6, 6.07) is 8.56. The van der Waals surface area contributed by atoms with Gasteiger partial charge in [-0.25, -0.2) is 4.79 Å². The molecule has 0 aliphatic rings. The zero-order chi connectivity index (χ0) is 14.0. The van der Waals surface area contributed by atoms with Crippen molar-refractivity contribution in [3.05, 3.63) is 42.1 Å². The second-order valence-electron chi connectivity index (χ2n) is 4.49. The van der Waals surface area contributed by atoms with Crippen LogP contribution in [-0.4, -0.2) is 26.6 Å². The third kappa shape index (κ3) is 2.70. The maximum Gasteiger partial charge on any atom is 0.377 e. The van der Waals surface area contributed by atoms with Crippen LogP contribution in [0.2, 0.25) is 0 Å². The Morgan fingerprint density at radius 3 is 2.26 bits per heavy atom. The van der Waals surface area contributed by atoms with Crippen LogP contribution in [0.15, 0.2) is 36.5 Å². The van der Waals surface area contributed by atoms with Crippen LogP contribution < -0.4 is 0 Å². The Balaban J connectivity index is 2.27. The number of Topliss-reactive ketones (excluding diaryl/α,β-unsaturated/α-hetero) is 1. The van der Waals surface area contributed by atoms with E-state index < -0.39 is 11.8 Å². The van der Waals surface area contributed by atoms with Crippen molar-refractivity contribution in [2.75, 3.05) is 0 Å². The Morgan fingerprint density at radius 2 is 1.79 bits per heavy atom. The van der Waals surface area contributed by atoms with Gasteiger partial charge in [0.05, 0.1) is 5.69 Å². The molecule has 19 heavy (non-hydrogen) atoms. The van der Waals surface area contributed by atoms with Gasteiger partial charge in [0.15, 0.2) is 0 Å². The van der Waals surface area contributed by atoms with Gasteiger partial charge in [-0.15, -0.1) is 0 Å². The molecular formula is C14H14N2O3. The predicted molar refractivity (Wildman–Crippen MR) is 70.0 cm³/mol. The molecule has 0 amide bonds. The third-order valence-electron chi connectivity index (χ3n) is 2.77. The number of carboxylic acids is 1. The molecule has 0 atom stereocenters. The first-order valence-electron chi connectivity index (χ1n) is 5.92. The number of carbonyl (C=O) groups is 2. The van der Waals surface area contributed by atoms with E-state index in [0.29, 0.717) is 0 Å². The third-order valence-corrected chi connectivity index (χ3v) is 2.77. The van der Waals surface area contributed by atoms with Gasteiger partial charge in [0, 0.05) is 23.4 Å². The lowest BCUT2D eigenvalue weighted by molar-refractivity contribution is -0.131. The van der Waals surface area contributed by atoms with Crippen LogP contribution in [0.3, 0.4) is 0 Å². The maximum atomic E-state index is 11.3. The number of hydrogen-bond donors (Lipinski definition) is 1. The van der Waals surface area contributed by atoms with E-state index in [1.807, 2.05) is 30.8 Å². The minimum absolute atomic E-state index is 0.166. The second-order valence-corrected chi connectivity index (χ2v) is 4.49. The van der Waals surface area contributed by atoms with E-state index in [9.17, 15) is 9.59 Å². The summed E-state index contributed by atoms with van der Waals surface area (Å²) in [5.74, 6) is -2.35. The summed E-state index contributed by atoms with van der Waals surface area (Å²) in [6.45, 7) is 4.07. The molecule has 98 valence electrons. The molecule has 0 radical (unpaired) electrons. The van der Waals surface area contributed by atoms with Gasteiger partial charge in [-0.05, 0) is 19.9 Å². The highest BCUT2D eigenvalue weighted by Crippen LogP contribution is 2.19.